The highest BCUT2D eigenvalue weighted by Crippen LogP contribution is 2.24. The average Bonchev–Trinajstić information content (AvgIpc) is 2.89. The van der Waals surface area contributed by atoms with Crippen molar-refractivity contribution in [2.75, 3.05) is 32.7 Å². The highest BCUT2D eigenvalue weighted by atomic mass is 16.2. The third-order valence-corrected chi connectivity index (χ3v) is 5.52. The second kappa shape index (κ2) is 7.59. The third-order valence-electron chi connectivity index (χ3n) is 5.52. The van der Waals surface area contributed by atoms with Gasteiger partial charge in [0.1, 0.15) is 0 Å². The Kier molecular flexibility index (Phi) is 5.53. The maximum Gasteiger partial charge on any atom is 0.236 e. The highest BCUT2D eigenvalue weighted by molar-refractivity contribution is 5.78. The van der Waals surface area contributed by atoms with Crippen LogP contribution < -0.4 is 5.32 Å². The molecule has 3 aliphatic heterocycles. The molecule has 2 unspecified atom stereocenters. The number of carbonyl (C=O) groups excluding carboxylic acids is 1. The Morgan fingerprint density at radius 1 is 0.905 bits per heavy atom. The van der Waals surface area contributed by atoms with E-state index in [0.29, 0.717) is 24.5 Å². The van der Waals surface area contributed by atoms with Gasteiger partial charge in [-0.25, -0.2) is 0 Å². The number of piperidine rings is 1. The first kappa shape index (κ1) is 15.3. The van der Waals surface area contributed by atoms with E-state index in [1.165, 1.54) is 57.8 Å². The lowest BCUT2D eigenvalue weighted by Gasteiger charge is -2.39. The van der Waals surface area contributed by atoms with Gasteiger partial charge in [-0.2, -0.15) is 0 Å². The van der Waals surface area contributed by atoms with E-state index in [1.807, 2.05) is 0 Å². The molecular formula is C17H31N3O. The summed E-state index contributed by atoms with van der Waals surface area (Å²) in [5.41, 5.74) is 0. The van der Waals surface area contributed by atoms with Gasteiger partial charge in [0.15, 0.2) is 0 Å². The fourth-order valence-electron chi connectivity index (χ4n) is 4.30. The molecule has 4 nitrogen and oxygen atoms in total. The van der Waals surface area contributed by atoms with Crippen LogP contribution in [-0.2, 0) is 4.79 Å². The van der Waals surface area contributed by atoms with Crippen LogP contribution >= 0.6 is 0 Å². The molecule has 0 radical (unpaired) electrons. The van der Waals surface area contributed by atoms with E-state index in [4.69, 9.17) is 0 Å². The van der Waals surface area contributed by atoms with Gasteiger partial charge in [0, 0.05) is 25.2 Å². The summed E-state index contributed by atoms with van der Waals surface area (Å²) in [6.45, 7) is 4.90. The zero-order chi connectivity index (χ0) is 14.5. The van der Waals surface area contributed by atoms with Crippen molar-refractivity contribution in [1.29, 1.82) is 0 Å². The van der Waals surface area contributed by atoms with Crippen molar-refractivity contribution in [1.82, 2.24) is 15.1 Å². The molecule has 3 rings (SSSR count). The SMILES string of the molecule is O=C(CN1CCCCC1C1CCCN1)N1CCCCCC1. The molecule has 1 amide bonds. The van der Waals surface area contributed by atoms with Gasteiger partial charge in [-0.3, -0.25) is 9.69 Å². The highest BCUT2D eigenvalue weighted by Gasteiger charge is 2.33. The summed E-state index contributed by atoms with van der Waals surface area (Å²) in [6.07, 6.45) is 11.4. The molecule has 120 valence electrons. The minimum atomic E-state index is 0.377. The average molecular weight is 293 g/mol. The molecule has 0 saturated carbocycles. The van der Waals surface area contributed by atoms with E-state index in [2.05, 4.69) is 15.1 Å². The van der Waals surface area contributed by atoms with Gasteiger partial charge in [0.05, 0.1) is 6.54 Å². The minimum Gasteiger partial charge on any atom is -0.342 e. The van der Waals surface area contributed by atoms with E-state index < -0.39 is 0 Å². The van der Waals surface area contributed by atoms with E-state index in [1.54, 1.807) is 0 Å². The van der Waals surface area contributed by atoms with Crippen molar-refractivity contribution in [3.05, 3.63) is 0 Å². The number of rotatable bonds is 3. The molecule has 3 aliphatic rings. The van der Waals surface area contributed by atoms with Gasteiger partial charge in [-0.1, -0.05) is 19.3 Å². The maximum absolute atomic E-state index is 12.6. The molecule has 3 heterocycles. The molecule has 21 heavy (non-hydrogen) atoms. The maximum atomic E-state index is 12.6. The van der Waals surface area contributed by atoms with Gasteiger partial charge in [0.25, 0.3) is 0 Å². The van der Waals surface area contributed by atoms with Crippen LogP contribution in [0.3, 0.4) is 0 Å². The first-order chi connectivity index (χ1) is 10.3. The first-order valence-electron chi connectivity index (χ1n) is 9.10. The number of amides is 1. The van der Waals surface area contributed by atoms with Crippen molar-refractivity contribution in [3.8, 4) is 0 Å². The molecule has 0 aliphatic carbocycles. The lowest BCUT2D eigenvalue weighted by atomic mass is 9.94. The van der Waals surface area contributed by atoms with Crippen LogP contribution in [0.5, 0.6) is 0 Å². The fraction of sp³-hybridized carbons (Fsp3) is 0.941. The second-order valence-electron chi connectivity index (χ2n) is 7.03. The zero-order valence-corrected chi connectivity index (χ0v) is 13.4. The molecule has 2 atom stereocenters. The van der Waals surface area contributed by atoms with Crippen molar-refractivity contribution < 1.29 is 4.79 Å². The molecule has 0 aromatic rings. The van der Waals surface area contributed by atoms with Crippen molar-refractivity contribution >= 4 is 5.91 Å². The van der Waals surface area contributed by atoms with Crippen molar-refractivity contribution in [2.24, 2.45) is 0 Å². The Hall–Kier alpha value is -0.610. The van der Waals surface area contributed by atoms with Crippen LogP contribution in [0.1, 0.15) is 57.8 Å². The number of nitrogens with zero attached hydrogens (tertiary/aromatic N) is 2. The minimum absolute atomic E-state index is 0.377. The van der Waals surface area contributed by atoms with E-state index in [-0.39, 0.29) is 0 Å². The fourth-order valence-corrected chi connectivity index (χ4v) is 4.30. The van der Waals surface area contributed by atoms with Gasteiger partial charge < -0.3 is 10.2 Å². The normalized spacial score (nSPS) is 32.1. The Morgan fingerprint density at radius 3 is 2.38 bits per heavy atom. The van der Waals surface area contributed by atoms with Crippen molar-refractivity contribution in [2.45, 2.75) is 69.9 Å². The van der Waals surface area contributed by atoms with E-state index in [0.717, 1.165) is 26.2 Å². The lowest BCUT2D eigenvalue weighted by Crippen LogP contribution is -2.53. The summed E-state index contributed by atoms with van der Waals surface area (Å²) in [4.78, 5) is 17.3. The second-order valence-corrected chi connectivity index (χ2v) is 7.03. The molecule has 3 fully saturated rings. The first-order valence-corrected chi connectivity index (χ1v) is 9.10. The zero-order valence-electron chi connectivity index (χ0n) is 13.4. The van der Waals surface area contributed by atoms with Gasteiger partial charge >= 0.3 is 0 Å². The largest absolute Gasteiger partial charge is 0.342 e. The predicted molar refractivity (Wildman–Crippen MR) is 85.3 cm³/mol. The summed E-state index contributed by atoms with van der Waals surface area (Å²) in [7, 11) is 0. The quantitative estimate of drug-likeness (QED) is 0.864. The molecule has 4 heteroatoms. The summed E-state index contributed by atoms with van der Waals surface area (Å²) < 4.78 is 0. The smallest absolute Gasteiger partial charge is 0.236 e. The van der Waals surface area contributed by atoms with E-state index in [9.17, 15) is 4.79 Å². The number of nitrogens with one attached hydrogen (secondary N) is 1. The summed E-state index contributed by atoms with van der Waals surface area (Å²) in [5.74, 6) is 0.377. The Morgan fingerprint density at radius 2 is 1.67 bits per heavy atom. The molecule has 0 aromatic carbocycles. The Balaban J connectivity index is 1.56. The van der Waals surface area contributed by atoms with Gasteiger partial charge in [-0.05, 0) is 51.6 Å². The summed E-state index contributed by atoms with van der Waals surface area (Å²) in [5, 5.41) is 3.65. The van der Waals surface area contributed by atoms with E-state index >= 15 is 0 Å². The molecule has 0 aromatic heterocycles. The molecule has 0 spiro atoms. The monoisotopic (exact) mass is 293 g/mol. The van der Waals surface area contributed by atoms with Crippen LogP contribution in [0.2, 0.25) is 0 Å². The van der Waals surface area contributed by atoms with Crippen molar-refractivity contribution in [3.63, 3.8) is 0 Å². The molecule has 3 saturated heterocycles. The van der Waals surface area contributed by atoms with Crippen LogP contribution in [0.25, 0.3) is 0 Å². The Labute approximate surface area is 129 Å². The number of hydrogen-bond acceptors (Lipinski definition) is 3. The Bertz CT molecular complexity index is 333. The number of hydrogen-bond donors (Lipinski definition) is 1. The summed E-state index contributed by atoms with van der Waals surface area (Å²) >= 11 is 0. The number of carbonyl (C=O) groups is 1. The lowest BCUT2D eigenvalue weighted by molar-refractivity contribution is -0.133. The molecule has 1 N–H and O–H groups in total. The standard InChI is InChI=1S/C17H31N3O/c21-17(19-11-4-1-2-5-12-19)14-20-13-6-3-9-16(20)15-8-7-10-18-15/h15-16,18H,1-14H2. The topological polar surface area (TPSA) is 35.6 Å². The van der Waals surface area contributed by atoms with Crippen LogP contribution in [0.4, 0.5) is 0 Å². The van der Waals surface area contributed by atoms with Crippen LogP contribution in [0, 0.1) is 0 Å². The van der Waals surface area contributed by atoms with Gasteiger partial charge in [0.2, 0.25) is 5.91 Å². The summed E-state index contributed by atoms with van der Waals surface area (Å²) in [6, 6.07) is 1.22. The van der Waals surface area contributed by atoms with Gasteiger partial charge in [-0.15, -0.1) is 0 Å². The molecular weight excluding hydrogens is 262 g/mol. The molecule has 0 bridgehead atoms. The van der Waals surface area contributed by atoms with Crippen LogP contribution in [0.15, 0.2) is 0 Å². The van der Waals surface area contributed by atoms with Crippen LogP contribution in [-0.4, -0.2) is 60.5 Å². The predicted octanol–water partition coefficient (Wildman–Crippen LogP) is 2.00. The third kappa shape index (κ3) is 3.98. The number of likely N-dealkylation sites (tertiary alicyclic amines) is 2.